The minimum absolute atomic E-state index is 0.203. The van der Waals surface area contributed by atoms with E-state index >= 15 is 0 Å². The summed E-state index contributed by atoms with van der Waals surface area (Å²) >= 11 is 3.67. The molecule has 0 saturated carbocycles. The van der Waals surface area contributed by atoms with E-state index in [0.717, 1.165) is 58.5 Å². The Balaban J connectivity index is 1.12. The number of pyridine rings is 1. The van der Waals surface area contributed by atoms with Gasteiger partial charge in [-0.1, -0.05) is 34.1 Å². The van der Waals surface area contributed by atoms with Crippen LogP contribution in [0.5, 0.6) is 0 Å². The maximum Gasteiger partial charge on any atom is 0.226 e. The second-order valence-electron chi connectivity index (χ2n) is 8.96. The molecule has 30 heavy (non-hydrogen) atoms. The zero-order valence-corrected chi connectivity index (χ0v) is 18.9. The first-order valence-electron chi connectivity index (χ1n) is 11.1. The quantitative estimate of drug-likeness (QED) is 0.672. The Kier molecular flexibility index (Phi) is 5.89. The molecule has 2 bridgehead atoms. The molecule has 158 valence electrons. The zero-order valence-electron chi connectivity index (χ0n) is 17.3. The van der Waals surface area contributed by atoms with Gasteiger partial charge < -0.3 is 4.90 Å². The summed E-state index contributed by atoms with van der Waals surface area (Å²) in [5.74, 6) is 0.612. The highest BCUT2D eigenvalue weighted by atomic mass is 79.9. The zero-order chi connectivity index (χ0) is 20.5. The molecule has 3 aliphatic heterocycles. The predicted molar refractivity (Wildman–Crippen MR) is 121 cm³/mol. The number of rotatable bonds is 5. The van der Waals surface area contributed by atoms with Crippen LogP contribution in [0.15, 0.2) is 53.3 Å². The lowest BCUT2D eigenvalue weighted by atomic mass is 9.94. The van der Waals surface area contributed by atoms with Crippen LogP contribution in [0.2, 0.25) is 0 Å². The summed E-state index contributed by atoms with van der Waals surface area (Å²) in [5, 5.41) is 0. The number of hydrogen-bond donors (Lipinski definition) is 0. The first-order chi connectivity index (χ1) is 14.7. The molecule has 2 aromatic rings. The lowest BCUT2D eigenvalue weighted by Crippen LogP contribution is -2.51. The molecule has 1 aromatic heterocycles. The maximum absolute atomic E-state index is 13.2. The molecule has 3 aliphatic rings. The van der Waals surface area contributed by atoms with E-state index in [1.807, 2.05) is 12.4 Å². The largest absolute Gasteiger partial charge is 0.337 e. The number of piperidine rings is 1. The lowest BCUT2D eigenvalue weighted by Gasteiger charge is -2.38. The third-order valence-corrected chi connectivity index (χ3v) is 7.83. The third kappa shape index (κ3) is 4.18. The van der Waals surface area contributed by atoms with Crippen molar-refractivity contribution in [3.05, 3.63) is 64.4 Å². The van der Waals surface area contributed by atoms with E-state index in [1.54, 1.807) is 0 Å². The molecule has 5 rings (SSSR count). The van der Waals surface area contributed by atoms with E-state index in [0.29, 0.717) is 18.0 Å². The van der Waals surface area contributed by atoms with E-state index in [-0.39, 0.29) is 5.92 Å². The molecule has 4 heterocycles. The molecular weight excluding hydrogens is 440 g/mol. The Hall–Kier alpha value is -1.76. The molecule has 1 amide bonds. The lowest BCUT2D eigenvalue weighted by molar-refractivity contribution is -0.139. The van der Waals surface area contributed by atoms with E-state index in [1.165, 1.54) is 15.6 Å². The van der Waals surface area contributed by atoms with Crippen LogP contribution in [0.4, 0.5) is 0 Å². The molecule has 0 N–H and O–H groups in total. The van der Waals surface area contributed by atoms with Gasteiger partial charge in [0.25, 0.3) is 0 Å². The van der Waals surface area contributed by atoms with E-state index in [2.05, 4.69) is 72.0 Å². The van der Waals surface area contributed by atoms with Gasteiger partial charge in [-0.05, 0) is 61.7 Å². The van der Waals surface area contributed by atoms with Gasteiger partial charge in [0.05, 0.1) is 0 Å². The number of likely N-dealkylation sites (tertiary alicyclic amines) is 3. The van der Waals surface area contributed by atoms with Crippen LogP contribution in [0.25, 0.3) is 0 Å². The molecule has 0 aliphatic carbocycles. The van der Waals surface area contributed by atoms with Crippen molar-refractivity contribution in [3.63, 3.8) is 0 Å². The molecule has 0 spiro atoms. The highest BCUT2D eigenvalue weighted by Crippen LogP contribution is 2.35. The van der Waals surface area contributed by atoms with Crippen LogP contribution in [0.3, 0.4) is 0 Å². The summed E-state index contributed by atoms with van der Waals surface area (Å²) in [5.41, 5.74) is 2.64. The van der Waals surface area contributed by atoms with Gasteiger partial charge in [-0.25, -0.2) is 0 Å². The van der Waals surface area contributed by atoms with Crippen molar-refractivity contribution in [2.24, 2.45) is 5.92 Å². The van der Waals surface area contributed by atoms with Crippen molar-refractivity contribution >= 4 is 21.8 Å². The fourth-order valence-corrected chi connectivity index (χ4v) is 5.79. The highest BCUT2D eigenvalue weighted by Gasteiger charge is 2.46. The van der Waals surface area contributed by atoms with Crippen molar-refractivity contribution in [2.75, 3.05) is 26.2 Å². The average Bonchev–Trinajstić information content (AvgIpc) is 3.37. The molecule has 3 fully saturated rings. The number of piperazine rings is 1. The monoisotopic (exact) mass is 468 g/mol. The highest BCUT2D eigenvalue weighted by molar-refractivity contribution is 9.10. The molecule has 3 saturated heterocycles. The number of carbonyl (C=O) groups is 1. The number of carbonyl (C=O) groups excluding carboxylic acids is 1. The predicted octanol–water partition coefficient (Wildman–Crippen LogP) is 3.54. The van der Waals surface area contributed by atoms with Crippen LogP contribution >= 0.6 is 15.9 Å². The number of amides is 1. The first-order valence-corrected chi connectivity index (χ1v) is 11.9. The minimum atomic E-state index is 0.203. The van der Waals surface area contributed by atoms with E-state index in [9.17, 15) is 4.79 Å². The van der Waals surface area contributed by atoms with Crippen molar-refractivity contribution in [1.29, 1.82) is 0 Å². The minimum Gasteiger partial charge on any atom is -0.337 e. The van der Waals surface area contributed by atoms with Gasteiger partial charge in [0.15, 0.2) is 0 Å². The Labute approximate surface area is 187 Å². The first kappa shape index (κ1) is 20.2. The van der Waals surface area contributed by atoms with Gasteiger partial charge in [-0.15, -0.1) is 0 Å². The van der Waals surface area contributed by atoms with Gasteiger partial charge in [0.2, 0.25) is 5.91 Å². The Morgan fingerprint density at radius 1 is 1.00 bits per heavy atom. The fraction of sp³-hybridized carbons (Fsp3) is 0.500. The van der Waals surface area contributed by atoms with Crippen LogP contribution < -0.4 is 0 Å². The summed E-state index contributed by atoms with van der Waals surface area (Å²) in [4.78, 5) is 24.6. The van der Waals surface area contributed by atoms with Gasteiger partial charge in [-0.3, -0.25) is 19.6 Å². The summed E-state index contributed by atoms with van der Waals surface area (Å²) < 4.78 is 1.18. The molecule has 2 atom stereocenters. The summed E-state index contributed by atoms with van der Waals surface area (Å²) in [6, 6.07) is 13.5. The van der Waals surface area contributed by atoms with Gasteiger partial charge in [-0.2, -0.15) is 0 Å². The molecule has 2 unspecified atom stereocenters. The van der Waals surface area contributed by atoms with Crippen LogP contribution in [0.1, 0.15) is 30.4 Å². The van der Waals surface area contributed by atoms with Crippen LogP contribution in [-0.4, -0.2) is 63.9 Å². The number of aromatic nitrogens is 1. The van der Waals surface area contributed by atoms with Gasteiger partial charge >= 0.3 is 0 Å². The number of nitrogens with zero attached hydrogens (tertiary/aromatic N) is 4. The summed E-state index contributed by atoms with van der Waals surface area (Å²) in [7, 11) is 0. The molecule has 0 radical (unpaired) electrons. The van der Waals surface area contributed by atoms with E-state index < -0.39 is 0 Å². The van der Waals surface area contributed by atoms with Crippen molar-refractivity contribution < 1.29 is 4.79 Å². The van der Waals surface area contributed by atoms with Crippen LogP contribution in [0, 0.1) is 5.92 Å². The summed E-state index contributed by atoms with van der Waals surface area (Å²) in [6.07, 6.45) is 6.82. The van der Waals surface area contributed by atoms with Crippen molar-refractivity contribution in [3.8, 4) is 0 Å². The number of benzene rings is 1. The second-order valence-corrected chi connectivity index (χ2v) is 9.82. The molecule has 6 heteroatoms. The Morgan fingerprint density at radius 3 is 2.47 bits per heavy atom. The van der Waals surface area contributed by atoms with Gasteiger partial charge in [0.1, 0.15) is 0 Å². The maximum atomic E-state index is 13.2. The third-order valence-electron chi connectivity index (χ3n) is 7.06. The van der Waals surface area contributed by atoms with E-state index in [4.69, 9.17) is 0 Å². The smallest absolute Gasteiger partial charge is 0.226 e. The fourth-order valence-electron chi connectivity index (χ4n) is 5.38. The molecular formula is C24H29BrN4O. The average molecular weight is 469 g/mol. The summed E-state index contributed by atoms with van der Waals surface area (Å²) in [6.45, 7) is 5.87. The normalized spacial score (nSPS) is 25.2. The van der Waals surface area contributed by atoms with Crippen molar-refractivity contribution in [2.45, 2.75) is 44.4 Å². The van der Waals surface area contributed by atoms with Gasteiger partial charge in [0, 0.05) is 61.0 Å². The van der Waals surface area contributed by atoms with Crippen LogP contribution in [-0.2, 0) is 17.9 Å². The second kappa shape index (κ2) is 8.77. The standard InChI is InChI=1S/C24H29BrN4O/c25-23-4-2-1-3-20(23)15-28-16-22-13-21(28)17-29(22)24(30)19-7-11-27(12-8-19)14-18-5-9-26-10-6-18/h1-6,9-10,19,21-22H,7-8,11-17H2. The number of hydrogen-bond acceptors (Lipinski definition) is 4. The molecule has 1 aromatic carbocycles. The SMILES string of the molecule is O=C(C1CCN(Cc2ccncc2)CC1)N1CC2CC1CN2Cc1ccccc1Br. The Bertz CT molecular complexity index is 884. The Morgan fingerprint density at radius 2 is 1.77 bits per heavy atom. The molecule has 5 nitrogen and oxygen atoms in total. The number of fused-ring (bicyclic) bond motifs is 2. The topological polar surface area (TPSA) is 39.7 Å². The van der Waals surface area contributed by atoms with Crippen molar-refractivity contribution in [1.82, 2.24) is 19.7 Å². The number of halogens is 1.